The molecular formula is C13H23N3O3. The molecule has 19 heavy (non-hydrogen) atoms. The molecule has 1 heterocycles. The first-order valence-electron chi connectivity index (χ1n) is 6.70. The third-order valence-corrected chi connectivity index (χ3v) is 4.14. The molecule has 4 unspecified atom stereocenters. The van der Waals surface area contributed by atoms with Crippen LogP contribution in [0.1, 0.15) is 25.7 Å². The minimum absolute atomic E-state index is 0.0105. The van der Waals surface area contributed by atoms with Gasteiger partial charge < -0.3 is 20.6 Å². The first-order chi connectivity index (χ1) is 9.17. The molecule has 4 atom stereocenters. The summed E-state index contributed by atoms with van der Waals surface area (Å²) in [6.07, 6.45) is 5.79. The van der Waals surface area contributed by atoms with E-state index in [0.717, 1.165) is 38.3 Å². The van der Waals surface area contributed by atoms with Crippen LogP contribution in [0.4, 0.5) is 0 Å². The molecule has 0 radical (unpaired) electrons. The quantitative estimate of drug-likeness (QED) is 0.541. The van der Waals surface area contributed by atoms with Gasteiger partial charge in [0, 0.05) is 6.04 Å². The standard InChI is InChI=1S/C13H23N3O3/c1-16-11(4-5-12(16)7-17)3-2-10(6-14)13(8-18)15-9-19/h7-13H,2-6,14H2,1H3,(H,15,19). The van der Waals surface area contributed by atoms with Crippen molar-refractivity contribution in [2.24, 2.45) is 11.7 Å². The molecule has 1 saturated heterocycles. The predicted octanol–water partition coefficient (Wildman–Crippen LogP) is -0.683. The van der Waals surface area contributed by atoms with Crippen molar-refractivity contribution in [2.45, 2.75) is 43.8 Å². The third kappa shape index (κ3) is 4.11. The molecule has 0 spiro atoms. The van der Waals surface area contributed by atoms with E-state index in [1.54, 1.807) is 0 Å². The lowest BCUT2D eigenvalue weighted by Gasteiger charge is -2.26. The van der Waals surface area contributed by atoms with Gasteiger partial charge in [-0.25, -0.2) is 0 Å². The summed E-state index contributed by atoms with van der Waals surface area (Å²) in [6, 6.07) is -0.153. The fourth-order valence-corrected chi connectivity index (χ4v) is 2.77. The van der Waals surface area contributed by atoms with Gasteiger partial charge in [0.25, 0.3) is 0 Å². The SMILES string of the molecule is CN1C(C=O)CCC1CCC(CN)C(C=O)NC=O. The zero-order valence-electron chi connectivity index (χ0n) is 11.3. The molecule has 0 aromatic heterocycles. The fourth-order valence-electron chi connectivity index (χ4n) is 2.77. The van der Waals surface area contributed by atoms with Crippen LogP contribution >= 0.6 is 0 Å². The summed E-state index contributed by atoms with van der Waals surface area (Å²) in [5.41, 5.74) is 5.67. The largest absolute Gasteiger partial charge is 0.349 e. The molecular weight excluding hydrogens is 246 g/mol. The van der Waals surface area contributed by atoms with Gasteiger partial charge in [0.1, 0.15) is 12.6 Å². The molecule has 0 saturated carbocycles. The molecule has 1 amide bonds. The highest BCUT2D eigenvalue weighted by Gasteiger charge is 2.30. The van der Waals surface area contributed by atoms with E-state index in [9.17, 15) is 14.4 Å². The summed E-state index contributed by atoms with van der Waals surface area (Å²) in [5.74, 6) is -0.0496. The maximum absolute atomic E-state index is 10.9. The van der Waals surface area contributed by atoms with Crippen molar-refractivity contribution in [3.8, 4) is 0 Å². The van der Waals surface area contributed by atoms with Crippen LogP contribution in [0.5, 0.6) is 0 Å². The highest BCUT2D eigenvalue weighted by molar-refractivity contribution is 5.64. The van der Waals surface area contributed by atoms with Gasteiger partial charge in [-0.15, -0.1) is 0 Å². The maximum Gasteiger partial charge on any atom is 0.207 e. The van der Waals surface area contributed by atoms with E-state index in [0.29, 0.717) is 19.0 Å². The number of carbonyl (C=O) groups excluding carboxylic acids is 3. The van der Waals surface area contributed by atoms with Gasteiger partial charge in [-0.2, -0.15) is 0 Å². The van der Waals surface area contributed by atoms with Crippen molar-refractivity contribution in [1.82, 2.24) is 10.2 Å². The van der Waals surface area contributed by atoms with Crippen LogP contribution in [-0.2, 0) is 14.4 Å². The Labute approximate surface area is 113 Å². The molecule has 0 aromatic carbocycles. The Balaban J connectivity index is 2.47. The number of carbonyl (C=O) groups is 3. The van der Waals surface area contributed by atoms with E-state index in [1.807, 2.05) is 7.05 Å². The molecule has 0 aliphatic carbocycles. The summed E-state index contributed by atoms with van der Waals surface area (Å²) < 4.78 is 0. The van der Waals surface area contributed by atoms with Gasteiger partial charge in [0.05, 0.1) is 12.1 Å². The zero-order chi connectivity index (χ0) is 14.3. The van der Waals surface area contributed by atoms with Gasteiger partial charge in [-0.1, -0.05) is 0 Å². The number of hydrogen-bond donors (Lipinski definition) is 2. The molecule has 1 aliphatic rings. The van der Waals surface area contributed by atoms with Gasteiger partial charge in [-0.05, 0) is 45.2 Å². The van der Waals surface area contributed by atoms with Crippen LogP contribution < -0.4 is 11.1 Å². The lowest BCUT2D eigenvalue weighted by atomic mass is 9.93. The van der Waals surface area contributed by atoms with Crippen LogP contribution in [0.2, 0.25) is 0 Å². The lowest BCUT2D eigenvalue weighted by Crippen LogP contribution is -2.41. The number of amides is 1. The monoisotopic (exact) mass is 269 g/mol. The van der Waals surface area contributed by atoms with Crippen molar-refractivity contribution in [3.63, 3.8) is 0 Å². The number of hydrogen-bond acceptors (Lipinski definition) is 5. The average molecular weight is 269 g/mol. The smallest absolute Gasteiger partial charge is 0.207 e. The van der Waals surface area contributed by atoms with Gasteiger partial charge in [0.2, 0.25) is 6.41 Å². The normalized spacial score (nSPS) is 26.6. The summed E-state index contributed by atoms with van der Waals surface area (Å²) in [6.45, 7) is 0.359. The first kappa shape index (κ1) is 15.8. The van der Waals surface area contributed by atoms with E-state index < -0.39 is 6.04 Å². The molecule has 6 heteroatoms. The second kappa shape index (κ2) is 8.01. The second-order valence-electron chi connectivity index (χ2n) is 5.12. The van der Waals surface area contributed by atoms with Gasteiger partial charge in [0.15, 0.2) is 0 Å². The Morgan fingerprint density at radius 2 is 2.11 bits per heavy atom. The number of nitrogens with two attached hydrogens (primary N) is 1. The van der Waals surface area contributed by atoms with E-state index >= 15 is 0 Å². The summed E-state index contributed by atoms with van der Waals surface area (Å²) in [7, 11) is 1.95. The summed E-state index contributed by atoms with van der Waals surface area (Å²) >= 11 is 0. The molecule has 1 rings (SSSR count). The average Bonchev–Trinajstić information content (AvgIpc) is 2.78. The Bertz CT molecular complexity index is 312. The molecule has 0 aromatic rings. The molecule has 108 valence electrons. The number of nitrogens with one attached hydrogen (secondary N) is 1. The van der Waals surface area contributed by atoms with Crippen LogP contribution in [0.15, 0.2) is 0 Å². The number of aldehydes is 2. The minimum atomic E-state index is -0.518. The third-order valence-electron chi connectivity index (χ3n) is 4.14. The van der Waals surface area contributed by atoms with E-state index in [2.05, 4.69) is 10.2 Å². The van der Waals surface area contributed by atoms with Crippen molar-refractivity contribution in [2.75, 3.05) is 13.6 Å². The second-order valence-corrected chi connectivity index (χ2v) is 5.12. The van der Waals surface area contributed by atoms with Crippen LogP contribution in [-0.4, -0.2) is 55.6 Å². The maximum atomic E-state index is 10.9. The van der Waals surface area contributed by atoms with Crippen LogP contribution in [0.25, 0.3) is 0 Å². The Kier molecular flexibility index (Phi) is 6.66. The van der Waals surface area contributed by atoms with E-state index in [1.165, 1.54) is 0 Å². The number of likely N-dealkylation sites (tertiary alicyclic amines) is 1. The van der Waals surface area contributed by atoms with Crippen molar-refractivity contribution in [1.29, 1.82) is 0 Å². The Hall–Kier alpha value is -1.27. The van der Waals surface area contributed by atoms with E-state index in [4.69, 9.17) is 5.73 Å². The predicted molar refractivity (Wildman–Crippen MR) is 71.5 cm³/mol. The summed E-state index contributed by atoms with van der Waals surface area (Å²) in [5, 5.41) is 2.49. The lowest BCUT2D eigenvalue weighted by molar-refractivity contribution is -0.116. The van der Waals surface area contributed by atoms with E-state index in [-0.39, 0.29) is 12.0 Å². The molecule has 1 aliphatic heterocycles. The van der Waals surface area contributed by atoms with Gasteiger partial charge in [-0.3, -0.25) is 9.69 Å². The van der Waals surface area contributed by atoms with Crippen molar-refractivity contribution < 1.29 is 14.4 Å². The van der Waals surface area contributed by atoms with Crippen LogP contribution in [0.3, 0.4) is 0 Å². The fraction of sp³-hybridized carbons (Fsp3) is 0.769. The summed E-state index contributed by atoms with van der Waals surface area (Å²) in [4.78, 5) is 34.3. The van der Waals surface area contributed by atoms with Crippen molar-refractivity contribution >= 4 is 19.0 Å². The molecule has 0 bridgehead atoms. The topological polar surface area (TPSA) is 92.5 Å². The molecule has 3 N–H and O–H groups in total. The van der Waals surface area contributed by atoms with Crippen LogP contribution in [0, 0.1) is 5.92 Å². The first-order valence-corrected chi connectivity index (χ1v) is 6.70. The number of rotatable bonds is 9. The Morgan fingerprint density at radius 3 is 2.58 bits per heavy atom. The Morgan fingerprint density at radius 1 is 1.37 bits per heavy atom. The highest BCUT2D eigenvalue weighted by atomic mass is 16.1. The van der Waals surface area contributed by atoms with Gasteiger partial charge >= 0.3 is 0 Å². The zero-order valence-corrected chi connectivity index (χ0v) is 11.3. The number of likely N-dealkylation sites (N-methyl/N-ethyl adjacent to an activating group) is 1. The van der Waals surface area contributed by atoms with Crippen molar-refractivity contribution in [3.05, 3.63) is 0 Å². The highest BCUT2D eigenvalue weighted by Crippen LogP contribution is 2.26. The minimum Gasteiger partial charge on any atom is -0.349 e. The molecule has 6 nitrogen and oxygen atoms in total. The molecule has 1 fully saturated rings. The number of nitrogens with zero attached hydrogens (tertiary/aromatic N) is 1.